The molecule has 0 saturated heterocycles. The number of hydrogen-bond donors (Lipinski definition) is 2. The zero-order valence-electron chi connectivity index (χ0n) is 10.00. The number of benzene rings is 1. The molecule has 18 heavy (non-hydrogen) atoms. The van der Waals surface area contributed by atoms with Crippen LogP contribution in [0.15, 0.2) is 41.9 Å². The van der Waals surface area contributed by atoms with Crippen molar-refractivity contribution in [2.45, 2.75) is 12.4 Å². The smallest absolute Gasteiger partial charge is 0.134 e. The summed E-state index contributed by atoms with van der Waals surface area (Å²) in [5.74, 6) is 0. The average molecular weight is 258 g/mol. The normalized spacial score (nSPS) is 19.1. The Morgan fingerprint density at radius 2 is 2.11 bits per heavy atom. The van der Waals surface area contributed by atoms with Crippen molar-refractivity contribution in [1.29, 1.82) is 0 Å². The van der Waals surface area contributed by atoms with Gasteiger partial charge in [-0.3, -0.25) is 5.10 Å². The molecule has 0 aliphatic carbocycles. The van der Waals surface area contributed by atoms with Gasteiger partial charge in [0, 0.05) is 16.9 Å². The number of aromatic nitrogens is 2. The van der Waals surface area contributed by atoms with Crippen LogP contribution in [0.4, 0.5) is 5.69 Å². The van der Waals surface area contributed by atoms with Crippen molar-refractivity contribution in [3.05, 3.63) is 53.2 Å². The van der Waals surface area contributed by atoms with Gasteiger partial charge in [0.05, 0.1) is 11.9 Å². The van der Waals surface area contributed by atoms with E-state index < -0.39 is 0 Å². The second-order valence-corrected chi connectivity index (χ2v) is 5.13. The van der Waals surface area contributed by atoms with Gasteiger partial charge in [-0.15, -0.1) is 0 Å². The zero-order chi connectivity index (χ0) is 12.5. The van der Waals surface area contributed by atoms with Gasteiger partial charge < -0.3 is 10.6 Å². The Balaban J connectivity index is 2.03. The van der Waals surface area contributed by atoms with E-state index in [0.717, 1.165) is 22.6 Å². The van der Waals surface area contributed by atoms with Crippen molar-refractivity contribution in [2.75, 3.05) is 4.90 Å². The predicted molar refractivity (Wildman–Crippen MR) is 75.8 cm³/mol. The summed E-state index contributed by atoms with van der Waals surface area (Å²) in [6, 6.07) is 10.2. The lowest BCUT2D eigenvalue weighted by molar-refractivity contribution is 0.937. The third-order valence-corrected chi connectivity index (χ3v) is 3.82. The molecule has 1 atom stereocenters. The van der Waals surface area contributed by atoms with Crippen LogP contribution in [0.1, 0.15) is 11.3 Å². The molecule has 1 aliphatic heterocycles. The van der Waals surface area contributed by atoms with Crippen LogP contribution in [-0.2, 0) is 0 Å². The van der Waals surface area contributed by atoms with Crippen LogP contribution < -0.4 is 10.6 Å². The lowest BCUT2D eigenvalue weighted by atomic mass is 10.1. The molecule has 5 heteroatoms. The Hall–Kier alpha value is -1.72. The third kappa shape index (κ3) is 1.81. The quantitative estimate of drug-likeness (QED) is 0.869. The largest absolute Gasteiger partial charge is 0.315 e. The molecule has 0 radical (unpaired) electrons. The number of nitrogens with zero attached hydrogens (tertiary/aromatic N) is 2. The van der Waals surface area contributed by atoms with Crippen LogP contribution in [0.3, 0.4) is 0 Å². The number of anilines is 1. The maximum Gasteiger partial charge on any atom is 0.134 e. The van der Waals surface area contributed by atoms with Crippen LogP contribution in [0, 0.1) is 6.92 Å². The molecule has 3 N–H and O–H groups in total. The molecular weight excluding hydrogens is 244 g/mol. The standard InChI is InChI=1S/C13H14N4S/c1-9-11(7-15-16-9)12-8-18-13(14)17(12)10-5-3-2-4-6-10/h2-8,13H,14H2,1H3,(H,15,16). The lowest BCUT2D eigenvalue weighted by Gasteiger charge is -2.26. The number of para-hydroxylation sites is 1. The number of aromatic amines is 1. The minimum absolute atomic E-state index is 0.0864. The minimum atomic E-state index is -0.0864. The van der Waals surface area contributed by atoms with Crippen molar-refractivity contribution < 1.29 is 0 Å². The third-order valence-electron chi connectivity index (χ3n) is 2.97. The van der Waals surface area contributed by atoms with Crippen LogP contribution in [-0.4, -0.2) is 15.7 Å². The maximum atomic E-state index is 6.16. The van der Waals surface area contributed by atoms with Gasteiger partial charge in [0.15, 0.2) is 0 Å². The summed E-state index contributed by atoms with van der Waals surface area (Å²) in [5.41, 5.74) is 10.4. The summed E-state index contributed by atoms with van der Waals surface area (Å²) in [6.07, 6.45) is 1.84. The fraction of sp³-hybridized carbons (Fsp3) is 0.154. The van der Waals surface area contributed by atoms with E-state index in [2.05, 4.69) is 32.6 Å². The molecule has 0 fully saturated rings. The van der Waals surface area contributed by atoms with Crippen molar-refractivity contribution in [3.8, 4) is 0 Å². The molecule has 1 unspecified atom stereocenters. The van der Waals surface area contributed by atoms with E-state index in [4.69, 9.17) is 5.73 Å². The van der Waals surface area contributed by atoms with Gasteiger partial charge in [-0.2, -0.15) is 5.10 Å². The second kappa shape index (κ2) is 4.51. The molecule has 0 bridgehead atoms. The number of nitrogens with one attached hydrogen (secondary N) is 1. The van der Waals surface area contributed by atoms with Crippen molar-refractivity contribution in [2.24, 2.45) is 5.73 Å². The number of nitrogens with two attached hydrogens (primary N) is 1. The number of aryl methyl sites for hydroxylation is 1. The highest BCUT2D eigenvalue weighted by Crippen LogP contribution is 2.38. The van der Waals surface area contributed by atoms with Gasteiger partial charge in [0.1, 0.15) is 5.50 Å². The highest BCUT2D eigenvalue weighted by Gasteiger charge is 2.27. The van der Waals surface area contributed by atoms with Gasteiger partial charge in [-0.1, -0.05) is 30.0 Å². The Morgan fingerprint density at radius 1 is 1.33 bits per heavy atom. The van der Waals surface area contributed by atoms with E-state index in [1.165, 1.54) is 0 Å². The molecule has 2 aromatic rings. The summed E-state index contributed by atoms with van der Waals surface area (Å²) in [6.45, 7) is 2.01. The highest BCUT2D eigenvalue weighted by atomic mass is 32.2. The molecule has 1 aromatic carbocycles. The minimum Gasteiger partial charge on any atom is -0.315 e. The van der Waals surface area contributed by atoms with E-state index in [-0.39, 0.29) is 5.50 Å². The Morgan fingerprint density at radius 3 is 2.78 bits per heavy atom. The Kier molecular flexibility index (Phi) is 2.85. The molecule has 1 aliphatic rings. The molecular formula is C13H14N4S. The Bertz CT molecular complexity index is 576. The molecule has 0 amide bonds. The van der Waals surface area contributed by atoms with E-state index >= 15 is 0 Å². The topological polar surface area (TPSA) is 57.9 Å². The first-order chi connectivity index (χ1) is 8.77. The molecule has 1 aromatic heterocycles. The molecule has 0 saturated carbocycles. The summed E-state index contributed by atoms with van der Waals surface area (Å²) in [7, 11) is 0. The van der Waals surface area contributed by atoms with Gasteiger partial charge in [-0.25, -0.2) is 0 Å². The first kappa shape index (κ1) is 11.4. The van der Waals surface area contributed by atoms with Crippen LogP contribution in [0.25, 0.3) is 5.70 Å². The van der Waals surface area contributed by atoms with Gasteiger partial charge in [0.25, 0.3) is 0 Å². The van der Waals surface area contributed by atoms with Crippen LogP contribution >= 0.6 is 11.8 Å². The number of hydrogen-bond acceptors (Lipinski definition) is 4. The summed E-state index contributed by atoms with van der Waals surface area (Å²) >= 11 is 1.62. The van der Waals surface area contributed by atoms with E-state index in [1.807, 2.05) is 31.3 Å². The number of H-pyrrole nitrogens is 1. The second-order valence-electron chi connectivity index (χ2n) is 4.14. The first-order valence-electron chi connectivity index (χ1n) is 5.73. The number of thioether (sulfide) groups is 1. The van der Waals surface area contributed by atoms with Gasteiger partial charge in [0.2, 0.25) is 0 Å². The first-order valence-corrected chi connectivity index (χ1v) is 6.67. The van der Waals surface area contributed by atoms with Crippen LogP contribution in [0.2, 0.25) is 0 Å². The van der Waals surface area contributed by atoms with E-state index in [0.29, 0.717) is 0 Å². The molecule has 3 rings (SSSR count). The predicted octanol–water partition coefficient (Wildman–Crippen LogP) is 2.51. The van der Waals surface area contributed by atoms with E-state index in [9.17, 15) is 0 Å². The van der Waals surface area contributed by atoms with Crippen molar-refractivity contribution in [3.63, 3.8) is 0 Å². The van der Waals surface area contributed by atoms with Crippen molar-refractivity contribution in [1.82, 2.24) is 10.2 Å². The lowest BCUT2D eigenvalue weighted by Crippen LogP contribution is -2.34. The van der Waals surface area contributed by atoms with Crippen LogP contribution in [0.5, 0.6) is 0 Å². The average Bonchev–Trinajstić information content (AvgIpc) is 2.96. The summed E-state index contributed by atoms with van der Waals surface area (Å²) in [4.78, 5) is 2.13. The monoisotopic (exact) mass is 258 g/mol. The van der Waals surface area contributed by atoms with Gasteiger partial charge >= 0.3 is 0 Å². The van der Waals surface area contributed by atoms with E-state index in [1.54, 1.807) is 11.8 Å². The molecule has 0 spiro atoms. The number of rotatable bonds is 2. The molecule has 92 valence electrons. The fourth-order valence-corrected chi connectivity index (χ4v) is 2.93. The Labute approximate surface area is 110 Å². The molecule has 2 heterocycles. The summed E-state index contributed by atoms with van der Waals surface area (Å²) in [5, 5.41) is 9.13. The maximum absolute atomic E-state index is 6.16. The zero-order valence-corrected chi connectivity index (χ0v) is 10.8. The fourth-order valence-electron chi connectivity index (χ4n) is 2.07. The van der Waals surface area contributed by atoms with Gasteiger partial charge in [-0.05, 0) is 24.5 Å². The highest BCUT2D eigenvalue weighted by molar-refractivity contribution is 8.03. The molecule has 4 nitrogen and oxygen atoms in total. The SMILES string of the molecule is Cc1[nH]ncc1C1=CSC(N)N1c1ccccc1. The summed E-state index contributed by atoms with van der Waals surface area (Å²) < 4.78 is 0. The van der Waals surface area contributed by atoms with Crippen molar-refractivity contribution >= 4 is 23.1 Å².